The lowest BCUT2D eigenvalue weighted by atomic mass is 10.1. The van der Waals surface area contributed by atoms with Crippen molar-refractivity contribution < 1.29 is 9.53 Å². The van der Waals surface area contributed by atoms with Gasteiger partial charge < -0.3 is 9.53 Å². The fourth-order valence-electron chi connectivity index (χ4n) is 4.63. The second kappa shape index (κ2) is 7.82. The zero-order chi connectivity index (χ0) is 20.5. The average Bonchev–Trinajstić information content (AvgIpc) is 3.05. The maximum Gasteiger partial charge on any atom is 0.261 e. The first-order valence-corrected chi connectivity index (χ1v) is 12.1. The predicted octanol–water partition coefficient (Wildman–Crippen LogP) is 3.57. The van der Waals surface area contributed by atoms with Crippen molar-refractivity contribution in [2.75, 3.05) is 6.61 Å². The summed E-state index contributed by atoms with van der Waals surface area (Å²) in [6.07, 6.45) is 3.63. The van der Waals surface area contributed by atoms with E-state index < -0.39 is 14.4 Å². The number of aromatic nitrogens is 2. The molecule has 1 aliphatic rings. The van der Waals surface area contributed by atoms with Gasteiger partial charge in [0.1, 0.15) is 0 Å². The Hall–Kier alpha value is -2.34. The Morgan fingerprint density at radius 1 is 0.897 bits per heavy atom. The number of hydrogen-bond acceptors (Lipinski definition) is 4. The van der Waals surface area contributed by atoms with Crippen molar-refractivity contribution in [3.05, 3.63) is 84.2 Å². The van der Waals surface area contributed by atoms with E-state index in [0.29, 0.717) is 13.0 Å². The average molecular weight is 405 g/mol. The van der Waals surface area contributed by atoms with E-state index in [0.717, 1.165) is 11.1 Å². The molecule has 3 aromatic rings. The largest absolute Gasteiger partial charge is 0.407 e. The summed E-state index contributed by atoms with van der Waals surface area (Å²) in [7, 11) is -2.58. The Morgan fingerprint density at radius 2 is 1.41 bits per heavy atom. The number of benzene rings is 2. The first-order chi connectivity index (χ1) is 13.9. The Bertz CT molecular complexity index is 918. The smallest absolute Gasteiger partial charge is 0.261 e. The van der Waals surface area contributed by atoms with Crippen molar-refractivity contribution in [2.24, 2.45) is 0 Å². The second-order valence-electron chi connectivity index (χ2n) is 8.82. The summed E-state index contributed by atoms with van der Waals surface area (Å²) >= 11 is 0. The molecule has 2 aromatic carbocycles. The van der Waals surface area contributed by atoms with Gasteiger partial charge in [-0.05, 0) is 27.4 Å². The molecule has 0 bridgehead atoms. The monoisotopic (exact) mass is 404 g/mol. The van der Waals surface area contributed by atoms with Crippen LogP contribution in [0.15, 0.2) is 73.1 Å². The Kier molecular flexibility index (Phi) is 5.38. The van der Waals surface area contributed by atoms with E-state index in [1.165, 1.54) is 10.4 Å². The van der Waals surface area contributed by atoms with Gasteiger partial charge in [-0.2, -0.15) is 10.2 Å². The molecular weight excluding hydrogens is 376 g/mol. The molecule has 150 valence electrons. The number of fused-ring (bicyclic) bond motifs is 1. The lowest BCUT2D eigenvalue weighted by molar-refractivity contribution is 0.160. The number of rotatable bonds is 5. The molecule has 2 atom stereocenters. The topological polar surface area (TPSA) is 55.2 Å². The van der Waals surface area contributed by atoms with E-state index in [1.54, 1.807) is 12.4 Å². The molecule has 1 N–H and O–H groups in total. The van der Waals surface area contributed by atoms with Crippen LogP contribution in [0.5, 0.6) is 0 Å². The molecule has 5 heteroatoms. The van der Waals surface area contributed by atoms with Crippen LogP contribution in [-0.4, -0.2) is 30.2 Å². The van der Waals surface area contributed by atoms with Gasteiger partial charge in [-0.15, -0.1) is 0 Å². The molecule has 1 aliphatic carbocycles. The van der Waals surface area contributed by atoms with Crippen molar-refractivity contribution >= 4 is 18.7 Å². The molecule has 0 amide bonds. The first kappa shape index (κ1) is 20.0. The fourth-order valence-corrected chi connectivity index (χ4v) is 9.23. The van der Waals surface area contributed by atoms with Crippen molar-refractivity contribution in [1.82, 2.24) is 10.2 Å². The van der Waals surface area contributed by atoms with E-state index in [4.69, 9.17) is 4.43 Å². The normalized spacial score (nSPS) is 19.2. The molecule has 4 nitrogen and oxygen atoms in total. The predicted molar refractivity (Wildman–Crippen MR) is 118 cm³/mol. The minimum absolute atomic E-state index is 0.0632. The third-order valence-electron chi connectivity index (χ3n) is 6.02. The molecule has 29 heavy (non-hydrogen) atoms. The molecule has 1 heterocycles. The third kappa shape index (κ3) is 3.54. The minimum atomic E-state index is -2.58. The summed E-state index contributed by atoms with van der Waals surface area (Å²) in [5.74, 6) is 0.122. The Balaban J connectivity index is 1.76. The summed E-state index contributed by atoms with van der Waals surface area (Å²) in [4.78, 5) is 0. The van der Waals surface area contributed by atoms with Crippen molar-refractivity contribution in [3.63, 3.8) is 0 Å². The van der Waals surface area contributed by atoms with E-state index in [-0.39, 0.29) is 11.0 Å². The van der Waals surface area contributed by atoms with Gasteiger partial charge in [0.25, 0.3) is 8.32 Å². The first-order valence-electron chi connectivity index (χ1n) is 10.2. The van der Waals surface area contributed by atoms with Crippen LogP contribution in [0, 0.1) is 0 Å². The van der Waals surface area contributed by atoms with Crippen LogP contribution in [0.25, 0.3) is 0 Å². The van der Waals surface area contributed by atoms with Gasteiger partial charge in [0.15, 0.2) is 0 Å². The van der Waals surface area contributed by atoms with E-state index >= 15 is 0 Å². The summed E-state index contributed by atoms with van der Waals surface area (Å²) in [6, 6.07) is 21.3. The highest BCUT2D eigenvalue weighted by Crippen LogP contribution is 2.42. The molecule has 0 saturated carbocycles. The Labute approximate surface area is 173 Å². The Morgan fingerprint density at radius 3 is 1.93 bits per heavy atom. The number of aliphatic hydroxyl groups is 1. The highest BCUT2D eigenvalue weighted by Gasteiger charge is 2.50. The van der Waals surface area contributed by atoms with Gasteiger partial charge in [-0.1, -0.05) is 81.4 Å². The van der Waals surface area contributed by atoms with E-state index in [9.17, 15) is 5.11 Å². The van der Waals surface area contributed by atoms with Crippen LogP contribution < -0.4 is 10.4 Å². The lowest BCUT2D eigenvalue weighted by Crippen LogP contribution is -2.66. The maximum absolute atomic E-state index is 10.5. The number of aliphatic hydroxyl groups excluding tert-OH is 1. The quantitative estimate of drug-likeness (QED) is 0.661. The van der Waals surface area contributed by atoms with Gasteiger partial charge in [0, 0.05) is 18.1 Å². The highest BCUT2D eigenvalue weighted by atomic mass is 28.4. The van der Waals surface area contributed by atoms with Gasteiger partial charge >= 0.3 is 0 Å². The minimum Gasteiger partial charge on any atom is -0.407 e. The second-order valence-corrected chi connectivity index (χ2v) is 13.1. The maximum atomic E-state index is 10.5. The molecule has 0 unspecified atom stereocenters. The zero-order valence-electron chi connectivity index (χ0n) is 17.2. The van der Waals surface area contributed by atoms with Crippen molar-refractivity contribution in [1.29, 1.82) is 0 Å². The van der Waals surface area contributed by atoms with Gasteiger partial charge in [0.2, 0.25) is 0 Å². The SMILES string of the molecule is CC(C)(C)[Si](OC[C@H]1C[C@@H](O)c2cnncc21)(c1ccccc1)c1ccccc1. The molecule has 4 rings (SSSR count). The molecule has 1 aromatic heterocycles. The van der Waals surface area contributed by atoms with Crippen LogP contribution in [0.2, 0.25) is 5.04 Å². The number of hydrogen-bond donors (Lipinski definition) is 1. The van der Waals surface area contributed by atoms with Crippen LogP contribution in [-0.2, 0) is 4.43 Å². The standard InChI is InChI=1S/C24H28N2O2Si/c1-24(2,3)29(19-10-6-4-7-11-19,20-12-8-5-9-13-20)28-17-18-14-23(27)22-16-26-25-15-21(18)22/h4-13,15-16,18,23,27H,14,17H2,1-3H3/t18-,23-/m1/s1. The van der Waals surface area contributed by atoms with Gasteiger partial charge in [0.05, 0.1) is 18.5 Å². The highest BCUT2D eigenvalue weighted by molar-refractivity contribution is 6.99. The summed E-state index contributed by atoms with van der Waals surface area (Å²) < 4.78 is 7.04. The fraction of sp³-hybridized carbons (Fsp3) is 0.333. The lowest BCUT2D eigenvalue weighted by Gasteiger charge is -2.43. The number of nitrogens with zero attached hydrogens (tertiary/aromatic N) is 2. The van der Waals surface area contributed by atoms with E-state index in [2.05, 4.69) is 91.6 Å². The molecule has 0 saturated heterocycles. The molecule has 0 radical (unpaired) electrons. The van der Waals surface area contributed by atoms with Crippen molar-refractivity contribution in [3.8, 4) is 0 Å². The summed E-state index contributed by atoms with van der Waals surface area (Å²) in [5, 5.41) is 20.9. The molecule has 0 aliphatic heterocycles. The third-order valence-corrected chi connectivity index (χ3v) is 11.0. The van der Waals surface area contributed by atoms with Crippen LogP contribution >= 0.6 is 0 Å². The van der Waals surface area contributed by atoms with Gasteiger partial charge in [-0.25, -0.2) is 0 Å². The zero-order valence-corrected chi connectivity index (χ0v) is 18.2. The van der Waals surface area contributed by atoms with Gasteiger partial charge in [-0.3, -0.25) is 0 Å². The molecule has 0 fully saturated rings. The summed E-state index contributed by atoms with van der Waals surface area (Å²) in [6.45, 7) is 7.40. The molecule has 0 spiro atoms. The van der Waals surface area contributed by atoms with E-state index in [1.807, 2.05) is 0 Å². The van der Waals surface area contributed by atoms with Crippen molar-refractivity contribution in [2.45, 2.75) is 44.3 Å². The summed E-state index contributed by atoms with van der Waals surface area (Å²) in [5.41, 5.74) is 1.95. The van der Waals surface area contributed by atoms with Crippen LogP contribution in [0.4, 0.5) is 0 Å². The van der Waals surface area contributed by atoms with Crippen LogP contribution in [0.3, 0.4) is 0 Å². The molecular formula is C24H28N2O2Si. The van der Waals surface area contributed by atoms with Crippen LogP contribution in [0.1, 0.15) is 50.3 Å².